The fourth-order valence-corrected chi connectivity index (χ4v) is 7.01. The van der Waals surface area contributed by atoms with Crippen LogP contribution in [0.15, 0.2) is 24.5 Å². The van der Waals surface area contributed by atoms with Gasteiger partial charge in [-0.25, -0.2) is 9.97 Å². The van der Waals surface area contributed by atoms with E-state index in [1.54, 1.807) is 19.4 Å². The summed E-state index contributed by atoms with van der Waals surface area (Å²) in [6.45, 7) is 3.54. The highest BCUT2D eigenvalue weighted by molar-refractivity contribution is 7.70. The van der Waals surface area contributed by atoms with Gasteiger partial charge in [-0.05, 0) is 51.0 Å². The summed E-state index contributed by atoms with van der Waals surface area (Å²) in [6.07, 6.45) is 3.16. The number of nitrogens with two attached hydrogens (primary N) is 1. The SMILES string of the molecule is CP(C)(=O)c1c(C(=O)NC[C@H]2C[C@H](N)C2)ccc2c(-c3nc(NC4CCCC4)ncc3C(F)(F)F)c[nH]c12. The maximum atomic E-state index is 14.0. The van der Waals surface area contributed by atoms with Crippen molar-refractivity contribution >= 4 is 35.2 Å². The average molecular weight is 549 g/mol. The van der Waals surface area contributed by atoms with Gasteiger partial charge in [0.05, 0.1) is 16.8 Å². The zero-order valence-electron chi connectivity index (χ0n) is 21.4. The Hall–Kier alpha value is -2.91. The number of halogens is 3. The van der Waals surface area contributed by atoms with Crippen molar-refractivity contribution in [2.45, 2.75) is 56.8 Å². The van der Waals surface area contributed by atoms with E-state index in [-0.39, 0.29) is 40.8 Å². The van der Waals surface area contributed by atoms with Crippen molar-refractivity contribution in [1.29, 1.82) is 0 Å². The third-order valence-electron chi connectivity index (χ3n) is 7.47. The number of carbonyl (C=O) groups excluding carboxylic acids is 1. The van der Waals surface area contributed by atoms with Gasteiger partial charge in [0.1, 0.15) is 12.7 Å². The first-order valence-electron chi connectivity index (χ1n) is 12.9. The predicted octanol–water partition coefficient (Wildman–Crippen LogP) is 4.71. The van der Waals surface area contributed by atoms with Crippen molar-refractivity contribution in [3.63, 3.8) is 0 Å². The molecule has 1 amide bonds. The van der Waals surface area contributed by atoms with Crippen molar-refractivity contribution in [2.75, 3.05) is 25.2 Å². The van der Waals surface area contributed by atoms with Gasteiger partial charge in [-0.1, -0.05) is 18.9 Å². The van der Waals surface area contributed by atoms with E-state index in [0.29, 0.717) is 28.7 Å². The molecule has 38 heavy (non-hydrogen) atoms. The fraction of sp³-hybridized carbons (Fsp3) is 0.500. The highest BCUT2D eigenvalue weighted by Gasteiger charge is 2.37. The minimum absolute atomic E-state index is 0.122. The minimum atomic E-state index is -4.68. The van der Waals surface area contributed by atoms with Crippen LogP contribution in [0.25, 0.3) is 22.2 Å². The molecule has 0 aliphatic heterocycles. The van der Waals surface area contributed by atoms with E-state index in [2.05, 4.69) is 25.6 Å². The van der Waals surface area contributed by atoms with Crippen LogP contribution >= 0.6 is 7.14 Å². The Morgan fingerprint density at radius 2 is 1.92 bits per heavy atom. The van der Waals surface area contributed by atoms with E-state index in [9.17, 15) is 22.5 Å². The molecular formula is C26H32F3N6O2P. The van der Waals surface area contributed by atoms with E-state index >= 15 is 0 Å². The first kappa shape index (κ1) is 26.7. The number of amides is 1. The van der Waals surface area contributed by atoms with Crippen LogP contribution in [0.1, 0.15) is 54.4 Å². The molecule has 2 aliphatic rings. The molecule has 0 saturated heterocycles. The number of fused-ring (bicyclic) bond motifs is 1. The Labute approximate surface area is 218 Å². The molecule has 2 fully saturated rings. The fourth-order valence-electron chi connectivity index (χ4n) is 5.53. The lowest BCUT2D eigenvalue weighted by molar-refractivity contribution is -0.137. The summed E-state index contributed by atoms with van der Waals surface area (Å²) >= 11 is 0. The van der Waals surface area contributed by atoms with Crippen LogP contribution in [-0.2, 0) is 10.7 Å². The summed E-state index contributed by atoms with van der Waals surface area (Å²) in [5.74, 6) is 0.0697. The quantitative estimate of drug-likeness (QED) is 0.317. The van der Waals surface area contributed by atoms with Crippen molar-refractivity contribution < 1.29 is 22.5 Å². The topological polar surface area (TPSA) is 126 Å². The number of hydrogen-bond acceptors (Lipinski definition) is 6. The highest BCUT2D eigenvalue weighted by Crippen LogP contribution is 2.43. The van der Waals surface area contributed by atoms with Gasteiger partial charge in [-0.15, -0.1) is 0 Å². The Morgan fingerprint density at radius 3 is 2.55 bits per heavy atom. The lowest BCUT2D eigenvalue weighted by Crippen LogP contribution is -2.43. The number of alkyl halides is 3. The second-order valence-electron chi connectivity index (χ2n) is 10.8. The molecule has 2 aliphatic carbocycles. The number of aromatic amines is 1. The van der Waals surface area contributed by atoms with Crippen molar-refractivity contribution in [3.05, 3.63) is 35.7 Å². The lowest BCUT2D eigenvalue weighted by atomic mass is 9.81. The Bertz CT molecular complexity index is 1400. The van der Waals surface area contributed by atoms with Crippen LogP contribution < -0.4 is 21.7 Å². The molecule has 3 aromatic rings. The largest absolute Gasteiger partial charge is 0.419 e. The van der Waals surface area contributed by atoms with Gasteiger partial charge in [0.15, 0.2) is 0 Å². The maximum absolute atomic E-state index is 14.0. The zero-order valence-corrected chi connectivity index (χ0v) is 22.3. The summed E-state index contributed by atoms with van der Waals surface area (Å²) < 4.78 is 55.4. The maximum Gasteiger partial charge on any atom is 0.419 e. The molecule has 2 saturated carbocycles. The van der Waals surface area contributed by atoms with Gasteiger partial charge in [0.2, 0.25) is 5.95 Å². The molecule has 0 unspecified atom stereocenters. The summed E-state index contributed by atoms with van der Waals surface area (Å²) in [7, 11) is -3.04. The molecular weight excluding hydrogens is 516 g/mol. The van der Waals surface area contributed by atoms with E-state index in [0.717, 1.165) is 44.7 Å². The number of hydrogen-bond donors (Lipinski definition) is 4. The summed E-state index contributed by atoms with van der Waals surface area (Å²) in [5, 5.41) is 6.77. The van der Waals surface area contributed by atoms with Gasteiger partial charge >= 0.3 is 6.18 Å². The van der Waals surface area contributed by atoms with Crippen molar-refractivity contribution in [1.82, 2.24) is 20.3 Å². The predicted molar refractivity (Wildman–Crippen MR) is 142 cm³/mol. The molecule has 2 aromatic heterocycles. The van der Waals surface area contributed by atoms with E-state index in [4.69, 9.17) is 5.73 Å². The van der Waals surface area contributed by atoms with Crippen LogP contribution in [-0.4, -0.2) is 52.8 Å². The van der Waals surface area contributed by atoms with Gasteiger partial charge < -0.3 is 25.9 Å². The Balaban J connectivity index is 1.56. The second kappa shape index (κ2) is 10.0. The Kier molecular flexibility index (Phi) is 7.02. The van der Waals surface area contributed by atoms with Crippen LogP contribution in [0, 0.1) is 5.92 Å². The number of nitrogens with one attached hydrogen (secondary N) is 3. The molecule has 0 spiro atoms. The molecule has 8 nitrogen and oxygen atoms in total. The molecule has 2 heterocycles. The van der Waals surface area contributed by atoms with E-state index < -0.39 is 18.9 Å². The van der Waals surface area contributed by atoms with E-state index in [1.165, 1.54) is 12.3 Å². The lowest BCUT2D eigenvalue weighted by Gasteiger charge is -2.32. The van der Waals surface area contributed by atoms with Crippen LogP contribution in [0.2, 0.25) is 0 Å². The monoisotopic (exact) mass is 548 g/mol. The number of benzene rings is 1. The van der Waals surface area contributed by atoms with Crippen molar-refractivity contribution in [3.8, 4) is 11.3 Å². The summed E-state index contributed by atoms with van der Waals surface area (Å²) in [6, 6.07) is 3.39. The van der Waals surface area contributed by atoms with Crippen LogP contribution in [0.5, 0.6) is 0 Å². The smallest absolute Gasteiger partial charge is 0.360 e. The van der Waals surface area contributed by atoms with Crippen LogP contribution in [0.4, 0.5) is 19.1 Å². The molecule has 5 rings (SSSR count). The van der Waals surface area contributed by atoms with Gasteiger partial charge in [-0.3, -0.25) is 4.79 Å². The molecule has 0 radical (unpaired) electrons. The normalized spacial score (nSPS) is 20.5. The molecule has 1 aromatic carbocycles. The number of H-pyrrole nitrogens is 1. The van der Waals surface area contributed by atoms with Crippen LogP contribution in [0.3, 0.4) is 0 Å². The molecule has 5 N–H and O–H groups in total. The third kappa shape index (κ3) is 5.31. The summed E-state index contributed by atoms with van der Waals surface area (Å²) in [5.41, 5.74) is 5.40. The van der Waals surface area contributed by atoms with Crippen molar-refractivity contribution in [2.24, 2.45) is 11.7 Å². The molecule has 0 bridgehead atoms. The first-order valence-corrected chi connectivity index (χ1v) is 15.5. The van der Waals surface area contributed by atoms with Gasteiger partial charge in [0.25, 0.3) is 5.91 Å². The molecule has 0 atom stereocenters. The zero-order chi connectivity index (χ0) is 27.2. The van der Waals surface area contributed by atoms with E-state index in [1.807, 2.05) is 0 Å². The molecule has 204 valence electrons. The highest BCUT2D eigenvalue weighted by atomic mass is 31.2. The average Bonchev–Trinajstić information content (AvgIpc) is 3.48. The first-order chi connectivity index (χ1) is 17.9. The number of aromatic nitrogens is 3. The summed E-state index contributed by atoms with van der Waals surface area (Å²) in [4.78, 5) is 24.3. The minimum Gasteiger partial charge on any atom is -0.360 e. The second-order valence-corrected chi connectivity index (χ2v) is 14.0. The Morgan fingerprint density at radius 1 is 1.21 bits per heavy atom. The number of carbonyl (C=O) groups is 1. The van der Waals surface area contributed by atoms with Gasteiger partial charge in [-0.2, -0.15) is 13.2 Å². The standard InChI is InChI=1S/C26H32F3N6O2P/c1-38(2,37)23-18(24(36)32-11-14-9-15(30)10-14)8-7-17-19(12-31-22(17)23)21-20(26(27,28)29)13-33-25(35-21)34-16-5-3-4-6-16/h7-8,12-16,31H,3-6,9-11,30H2,1-2H3,(H,32,36)(H,33,34,35)/t14-,15-. The van der Waals surface area contributed by atoms with Gasteiger partial charge in [0, 0.05) is 47.3 Å². The number of anilines is 1. The number of nitrogens with zero attached hydrogens (tertiary/aromatic N) is 2. The number of rotatable bonds is 7. The third-order valence-corrected chi connectivity index (χ3v) is 9.01. The molecule has 12 heteroatoms.